The van der Waals surface area contributed by atoms with Crippen molar-refractivity contribution in [3.8, 4) is 0 Å². The fourth-order valence-electron chi connectivity index (χ4n) is 4.62. The van der Waals surface area contributed by atoms with E-state index < -0.39 is 32.1 Å². The van der Waals surface area contributed by atoms with Gasteiger partial charge in [0.15, 0.2) is 4.90 Å². The van der Waals surface area contributed by atoms with Crippen LogP contribution in [0.2, 0.25) is 0 Å². The predicted octanol–water partition coefficient (Wildman–Crippen LogP) is 0.117. The average Bonchev–Trinajstić information content (AvgIpc) is 2.79. The van der Waals surface area contributed by atoms with Crippen LogP contribution in [-0.2, 0) is 21.4 Å². The third-order valence-electron chi connectivity index (χ3n) is 6.34. The summed E-state index contributed by atoms with van der Waals surface area (Å²) in [4.78, 5) is 44.8. The van der Waals surface area contributed by atoms with E-state index in [-0.39, 0.29) is 24.7 Å². The molecule has 2 aliphatic rings. The number of carbonyl (C=O) groups excluding carboxylic acids is 1. The molecule has 4 rings (SSSR count). The third kappa shape index (κ3) is 5.10. The molecule has 1 aromatic heterocycles. The van der Waals surface area contributed by atoms with Gasteiger partial charge in [0.25, 0.3) is 5.56 Å². The lowest BCUT2D eigenvalue weighted by molar-refractivity contribution is -0.138. The topological polar surface area (TPSA) is 127 Å². The molecule has 178 valence electrons. The number of aromatic nitrogens is 2. The highest BCUT2D eigenvalue weighted by molar-refractivity contribution is 7.89. The molecule has 2 fully saturated rings. The standard InChI is InChI=1S/C22H29N5O5S/c1-16-19(20(28)24-22(30)23-16)33(31,32)27-9-5-8-18(15-27)21(29)26-12-10-25(11-13-26)14-17-6-3-2-4-7-17/h2-4,6-7,18H,5,8-15H2,1H3,(H2,23,24,28,30)/t18-/m0/s1. The minimum Gasteiger partial charge on any atom is -0.340 e. The Balaban J connectivity index is 1.40. The van der Waals surface area contributed by atoms with Crippen molar-refractivity contribution in [1.82, 2.24) is 24.1 Å². The van der Waals surface area contributed by atoms with Gasteiger partial charge in [0.1, 0.15) is 0 Å². The number of benzene rings is 1. The summed E-state index contributed by atoms with van der Waals surface area (Å²) < 4.78 is 27.5. The van der Waals surface area contributed by atoms with Gasteiger partial charge >= 0.3 is 5.69 Å². The lowest BCUT2D eigenvalue weighted by Crippen LogP contribution is -2.53. The second-order valence-electron chi connectivity index (χ2n) is 8.65. The van der Waals surface area contributed by atoms with E-state index in [4.69, 9.17) is 0 Å². The summed E-state index contributed by atoms with van der Waals surface area (Å²) in [7, 11) is -4.14. The Bertz CT molecular complexity index is 1220. The number of sulfonamides is 1. The number of carbonyl (C=O) groups is 1. The monoisotopic (exact) mass is 475 g/mol. The van der Waals surface area contributed by atoms with Crippen molar-refractivity contribution >= 4 is 15.9 Å². The summed E-state index contributed by atoms with van der Waals surface area (Å²) in [5.74, 6) is -0.488. The Morgan fingerprint density at radius 2 is 1.73 bits per heavy atom. The van der Waals surface area contributed by atoms with E-state index in [1.165, 1.54) is 16.8 Å². The summed E-state index contributed by atoms with van der Waals surface area (Å²) in [6.45, 7) is 5.22. The zero-order valence-electron chi connectivity index (χ0n) is 18.6. The molecule has 2 aliphatic heterocycles. The number of amides is 1. The van der Waals surface area contributed by atoms with Crippen LogP contribution in [0.25, 0.3) is 0 Å². The summed E-state index contributed by atoms with van der Waals surface area (Å²) >= 11 is 0. The summed E-state index contributed by atoms with van der Waals surface area (Å²) in [5, 5.41) is 0. The summed E-state index contributed by atoms with van der Waals surface area (Å²) in [5.41, 5.74) is -0.474. The molecule has 1 atom stereocenters. The van der Waals surface area contributed by atoms with Crippen molar-refractivity contribution in [3.05, 3.63) is 62.4 Å². The first-order valence-corrected chi connectivity index (χ1v) is 12.6. The fraction of sp³-hybridized carbons (Fsp3) is 0.500. The molecular formula is C22H29N5O5S. The van der Waals surface area contributed by atoms with Gasteiger partial charge in [0, 0.05) is 51.5 Å². The number of hydrogen-bond acceptors (Lipinski definition) is 6. The smallest absolute Gasteiger partial charge is 0.325 e. The molecule has 0 saturated carbocycles. The largest absolute Gasteiger partial charge is 0.340 e. The van der Waals surface area contributed by atoms with E-state index in [0.717, 1.165) is 19.6 Å². The van der Waals surface area contributed by atoms with Gasteiger partial charge in [-0.2, -0.15) is 4.31 Å². The van der Waals surface area contributed by atoms with Crippen molar-refractivity contribution in [2.24, 2.45) is 5.92 Å². The molecule has 10 nitrogen and oxygen atoms in total. The van der Waals surface area contributed by atoms with E-state index in [1.54, 1.807) is 0 Å². The first kappa shape index (κ1) is 23.4. The molecule has 11 heteroatoms. The minimum atomic E-state index is -4.14. The number of piperazine rings is 1. The van der Waals surface area contributed by atoms with E-state index in [2.05, 4.69) is 22.0 Å². The number of nitrogens with one attached hydrogen (secondary N) is 2. The number of rotatable bonds is 5. The number of aryl methyl sites for hydroxylation is 1. The van der Waals surface area contributed by atoms with E-state index in [0.29, 0.717) is 25.9 Å². The van der Waals surface area contributed by atoms with Crippen LogP contribution in [0.4, 0.5) is 0 Å². The second kappa shape index (κ2) is 9.62. The average molecular weight is 476 g/mol. The van der Waals surface area contributed by atoms with E-state index in [9.17, 15) is 22.8 Å². The van der Waals surface area contributed by atoms with Gasteiger partial charge in [-0.1, -0.05) is 30.3 Å². The molecule has 0 aliphatic carbocycles. The molecule has 3 heterocycles. The molecule has 0 radical (unpaired) electrons. The number of hydrogen-bond donors (Lipinski definition) is 2. The Labute approximate surface area is 192 Å². The quantitative estimate of drug-likeness (QED) is 0.632. The van der Waals surface area contributed by atoms with Crippen LogP contribution < -0.4 is 11.2 Å². The van der Waals surface area contributed by atoms with Gasteiger partial charge in [0.2, 0.25) is 15.9 Å². The highest BCUT2D eigenvalue weighted by Crippen LogP contribution is 2.25. The Hall–Kier alpha value is -2.76. The maximum absolute atomic E-state index is 13.2. The highest BCUT2D eigenvalue weighted by Gasteiger charge is 2.37. The van der Waals surface area contributed by atoms with Crippen molar-refractivity contribution in [2.45, 2.75) is 31.2 Å². The van der Waals surface area contributed by atoms with Crippen molar-refractivity contribution in [3.63, 3.8) is 0 Å². The SMILES string of the molecule is Cc1[nH]c(=O)[nH]c(=O)c1S(=O)(=O)N1CCC[C@H](C(=O)N2CCN(Cc3ccccc3)CC2)C1. The normalized spacial score (nSPS) is 20.6. The molecule has 0 spiro atoms. The molecule has 0 bridgehead atoms. The van der Waals surface area contributed by atoms with E-state index >= 15 is 0 Å². The van der Waals surface area contributed by atoms with Crippen LogP contribution in [0, 0.1) is 12.8 Å². The van der Waals surface area contributed by atoms with Gasteiger partial charge in [-0.3, -0.25) is 19.5 Å². The lowest BCUT2D eigenvalue weighted by Gasteiger charge is -2.38. The fourth-order valence-corrected chi connectivity index (χ4v) is 6.34. The van der Waals surface area contributed by atoms with Gasteiger partial charge in [-0.05, 0) is 25.3 Å². The van der Waals surface area contributed by atoms with Crippen LogP contribution in [0.1, 0.15) is 24.1 Å². The minimum absolute atomic E-state index is 0.00765. The van der Waals surface area contributed by atoms with Crippen LogP contribution in [0.3, 0.4) is 0 Å². The van der Waals surface area contributed by atoms with Crippen LogP contribution >= 0.6 is 0 Å². The van der Waals surface area contributed by atoms with Gasteiger partial charge in [-0.15, -0.1) is 0 Å². The Morgan fingerprint density at radius 3 is 2.39 bits per heavy atom. The maximum atomic E-state index is 13.2. The highest BCUT2D eigenvalue weighted by atomic mass is 32.2. The number of aromatic amines is 2. The predicted molar refractivity (Wildman–Crippen MR) is 122 cm³/mol. The molecule has 0 unspecified atom stereocenters. The molecule has 1 aromatic carbocycles. The van der Waals surface area contributed by atoms with E-state index in [1.807, 2.05) is 28.1 Å². The Kier molecular flexibility index (Phi) is 6.82. The first-order valence-electron chi connectivity index (χ1n) is 11.1. The van der Waals surface area contributed by atoms with Crippen molar-refractivity contribution < 1.29 is 13.2 Å². The molecule has 2 saturated heterocycles. The molecule has 33 heavy (non-hydrogen) atoms. The van der Waals surface area contributed by atoms with Crippen LogP contribution in [0.5, 0.6) is 0 Å². The van der Waals surface area contributed by atoms with Crippen LogP contribution in [0.15, 0.2) is 44.8 Å². The molecular weight excluding hydrogens is 446 g/mol. The van der Waals surface area contributed by atoms with Crippen molar-refractivity contribution in [1.29, 1.82) is 0 Å². The number of nitrogens with zero attached hydrogens (tertiary/aromatic N) is 3. The molecule has 2 aromatic rings. The Morgan fingerprint density at radius 1 is 1.03 bits per heavy atom. The molecule has 2 N–H and O–H groups in total. The zero-order valence-corrected chi connectivity index (χ0v) is 19.4. The van der Waals surface area contributed by atoms with Crippen LogP contribution in [-0.4, -0.2) is 77.7 Å². The van der Waals surface area contributed by atoms with Crippen molar-refractivity contribution in [2.75, 3.05) is 39.3 Å². The van der Waals surface area contributed by atoms with Gasteiger partial charge in [-0.25, -0.2) is 13.2 Å². The lowest BCUT2D eigenvalue weighted by atomic mass is 9.97. The third-order valence-corrected chi connectivity index (χ3v) is 8.36. The number of H-pyrrole nitrogens is 2. The maximum Gasteiger partial charge on any atom is 0.325 e. The zero-order chi connectivity index (χ0) is 23.6. The first-order chi connectivity index (χ1) is 15.8. The van der Waals surface area contributed by atoms with Gasteiger partial charge in [0.05, 0.1) is 5.92 Å². The summed E-state index contributed by atoms with van der Waals surface area (Å²) in [6, 6.07) is 10.2. The second-order valence-corrected chi connectivity index (χ2v) is 10.5. The number of piperidine rings is 1. The summed E-state index contributed by atoms with van der Waals surface area (Å²) in [6.07, 6.45) is 1.14. The molecule has 1 amide bonds. The van der Waals surface area contributed by atoms with Gasteiger partial charge < -0.3 is 9.88 Å².